The van der Waals surface area contributed by atoms with E-state index in [0.717, 1.165) is 34.3 Å². The Hall–Kier alpha value is -3.18. The maximum Gasteiger partial charge on any atom is 0.262 e. The lowest BCUT2D eigenvalue weighted by Crippen LogP contribution is -2.34. The van der Waals surface area contributed by atoms with Gasteiger partial charge in [-0.3, -0.25) is 14.4 Å². The third-order valence-electron chi connectivity index (χ3n) is 6.23. The second-order valence-electron chi connectivity index (χ2n) is 9.34. The molecule has 8 nitrogen and oxygen atoms in total. The van der Waals surface area contributed by atoms with Gasteiger partial charge in [0.05, 0.1) is 33.5 Å². The molecule has 0 aliphatic rings. The monoisotopic (exact) mass is 588 g/mol. The average Bonchev–Trinajstić information content (AvgIpc) is 3.28. The van der Waals surface area contributed by atoms with Crippen LogP contribution in [0, 0.1) is 13.8 Å². The second-order valence-corrected chi connectivity index (χ2v) is 12.0. The normalized spacial score (nSPS) is 11.3. The van der Waals surface area contributed by atoms with Crippen LogP contribution in [0.15, 0.2) is 65.6 Å². The first-order valence-corrected chi connectivity index (χ1v) is 14.5. The van der Waals surface area contributed by atoms with Crippen LogP contribution in [-0.4, -0.2) is 58.5 Å². The number of nitrogens with one attached hydrogen (secondary N) is 1. The van der Waals surface area contributed by atoms with E-state index in [1.54, 1.807) is 41.3 Å². The summed E-state index contributed by atoms with van der Waals surface area (Å²) in [6, 6.07) is 16.9. The highest BCUT2D eigenvalue weighted by Gasteiger charge is 2.25. The van der Waals surface area contributed by atoms with E-state index in [-0.39, 0.29) is 34.5 Å². The smallest absolute Gasteiger partial charge is 0.262 e. The van der Waals surface area contributed by atoms with E-state index >= 15 is 0 Å². The van der Waals surface area contributed by atoms with Crippen LogP contribution in [-0.2, 0) is 10.0 Å². The number of methoxy groups -OCH3 is 1. The summed E-state index contributed by atoms with van der Waals surface area (Å²) >= 11 is 1.46. The quantitative estimate of drug-likeness (QED) is 0.254. The molecule has 0 bridgehead atoms. The fourth-order valence-corrected chi connectivity index (χ4v) is 6.12. The SMILES string of the molecule is COc1ccc(S(=O)(=O)Nc2ccccc2C(=O)N(CCCN(C)C)c2nc3cc(C)c(C)cc3s2)cc1.Cl. The van der Waals surface area contributed by atoms with E-state index in [1.165, 1.54) is 30.6 Å². The van der Waals surface area contributed by atoms with Gasteiger partial charge in [0, 0.05) is 6.54 Å². The van der Waals surface area contributed by atoms with Crippen LogP contribution in [0.3, 0.4) is 0 Å². The molecule has 0 fully saturated rings. The summed E-state index contributed by atoms with van der Waals surface area (Å²) in [4.78, 5) is 22.6. The van der Waals surface area contributed by atoms with Crippen LogP contribution >= 0.6 is 23.7 Å². The van der Waals surface area contributed by atoms with Gasteiger partial charge in [-0.05, 0) is 101 Å². The lowest BCUT2D eigenvalue weighted by Gasteiger charge is -2.22. The van der Waals surface area contributed by atoms with Crippen molar-refractivity contribution in [2.45, 2.75) is 25.2 Å². The van der Waals surface area contributed by atoms with Crippen LogP contribution < -0.4 is 14.4 Å². The topological polar surface area (TPSA) is 91.8 Å². The van der Waals surface area contributed by atoms with Crippen LogP contribution in [0.4, 0.5) is 10.8 Å². The number of amides is 1. The molecule has 0 spiro atoms. The molecule has 4 aromatic rings. The van der Waals surface area contributed by atoms with Crippen LogP contribution in [0.2, 0.25) is 0 Å². The number of aromatic nitrogens is 1. The number of halogens is 1. The van der Waals surface area contributed by atoms with Crippen molar-refractivity contribution in [1.82, 2.24) is 9.88 Å². The van der Waals surface area contributed by atoms with Crippen molar-refractivity contribution in [2.75, 3.05) is 43.9 Å². The number of anilines is 2. The number of fused-ring (bicyclic) bond motifs is 1. The third kappa shape index (κ3) is 7.07. The van der Waals surface area contributed by atoms with Crippen LogP contribution in [0.5, 0.6) is 5.75 Å². The molecule has 0 saturated heterocycles. The van der Waals surface area contributed by atoms with E-state index < -0.39 is 10.0 Å². The van der Waals surface area contributed by atoms with Crippen molar-refractivity contribution in [2.24, 2.45) is 0 Å². The van der Waals surface area contributed by atoms with Gasteiger partial charge in [0.15, 0.2) is 5.13 Å². The number of carbonyl (C=O) groups is 1. The molecule has 0 radical (unpaired) electrons. The standard InChI is InChI=1S/C28H32N4O4S2.ClH/c1-19-17-25-26(18-20(19)2)37-28(29-25)32(16-8-15-31(3)4)27(33)23-9-6-7-10-24(23)30-38(34,35)22-13-11-21(36-5)12-14-22;/h6-7,9-14,17-18,30H,8,15-16H2,1-5H3;1H. The highest BCUT2D eigenvalue weighted by molar-refractivity contribution is 7.92. The summed E-state index contributed by atoms with van der Waals surface area (Å²) in [5.41, 5.74) is 3.60. The maximum absolute atomic E-state index is 14.0. The number of ether oxygens (including phenoxy) is 1. The molecule has 4 rings (SSSR count). The van der Waals surface area contributed by atoms with E-state index in [2.05, 4.69) is 22.6 Å². The fraction of sp³-hybridized carbons (Fsp3) is 0.286. The highest BCUT2D eigenvalue weighted by atomic mass is 35.5. The molecule has 0 aliphatic carbocycles. The molecule has 1 heterocycles. The summed E-state index contributed by atoms with van der Waals surface area (Å²) in [6.45, 7) is 5.32. The van der Waals surface area contributed by atoms with Crippen molar-refractivity contribution >= 4 is 60.7 Å². The van der Waals surface area contributed by atoms with Gasteiger partial charge in [0.25, 0.3) is 15.9 Å². The molecule has 1 N–H and O–H groups in total. The van der Waals surface area contributed by atoms with E-state index in [0.29, 0.717) is 17.4 Å². The van der Waals surface area contributed by atoms with Crippen molar-refractivity contribution in [3.8, 4) is 5.75 Å². The first-order chi connectivity index (χ1) is 18.1. The minimum atomic E-state index is -3.94. The molecule has 1 aromatic heterocycles. The van der Waals surface area contributed by atoms with Gasteiger partial charge in [0.2, 0.25) is 0 Å². The number of aryl methyl sites for hydroxylation is 2. The number of carbonyl (C=O) groups excluding carboxylic acids is 1. The zero-order valence-electron chi connectivity index (χ0n) is 22.6. The maximum atomic E-state index is 14.0. The minimum absolute atomic E-state index is 0. The number of hydrogen-bond donors (Lipinski definition) is 1. The van der Waals surface area contributed by atoms with Crippen molar-refractivity contribution in [3.05, 3.63) is 77.4 Å². The molecule has 0 unspecified atom stereocenters. The fourth-order valence-electron chi connectivity index (χ4n) is 3.97. The van der Waals surface area contributed by atoms with E-state index in [4.69, 9.17) is 9.72 Å². The molecule has 208 valence electrons. The Morgan fingerprint density at radius 1 is 1.00 bits per heavy atom. The summed E-state index contributed by atoms with van der Waals surface area (Å²) in [5, 5.41) is 0.585. The molecular formula is C28H33ClN4O4S2. The predicted molar refractivity (Wildman–Crippen MR) is 161 cm³/mol. The average molecular weight is 589 g/mol. The molecule has 0 atom stereocenters. The third-order valence-corrected chi connectivity index (χ3v) is 8.65. The molecule has 0 saturated carbocycles. The largest absolute Gasteiger partial charge is 0.497 e. The Morgan fingerprint density at radius 2 is 1.67 bits per heavy atom. The molecule has 3 aromatic carbocycles. The zero-order valence-corrected chi connectivity index (χ0v) is 25.0. The van der Waals surface area contributed by atoms with Gasteiger partial charge in [0.1, 0.15) is 5.75 Å². The first-order valence-electron chi connectivity index (χ1n) is 12.2. The van der Waals surface area contributed by atoms with Gasteiger partial charge in [-0.15, -0.1) is 12.4 Å². The van der Waals surface area contributed by atoms with Crippen molar-refractivity contribution in [1.29, 1.82) is 0 Å². The Morgan fingerprint density at radius 3 is 2.33 bits per heavy atom. The van der Waals surface area contributed by atoms with Gasteiger partial charge in [-0.2, -0.15) is 0 Å². The molecule has 0 aliphatic heterocycles. The predicted octanol–water partition coefficient (Wildman–Crippen LogP) is 5.74. The number of nitrogens with zero attached hydrogens (tertiary/aromatic N) is 3. The van der Waals surface area contributed by atoms with Crippen molar-refractivity contribution < 1.29 is 17.9 Å². The summed E-state index contributed by atoms with van der Waals surface area (Å²) < 4.78 is 35.0. The molecular weight excluding hydrogens is 556 g/mol. The summed E-state index contributed by atoms with van der Waals surface area (Å²) in [6.07, 6.45) is 0.729. The number of hydrogen-bond acceptors (Lipinski definition) is 7. The van der Waals surface area contributed by atoms with Crippen molar-refractivity contribution in [3.63, 3.8) is 0 Å². The Bertz CT molecular complexity index is 1510. The van der Waals surface area contributed by atoms with E-state index in [9.17, 15) is 13.2 Å². The van der Waals surface area contributed by atoms with Gasteiger partial charge in [-0.25, -0.2) is 13.4 Å². The summed E-state index contributed by atoms with van der Waals surface area (Å²) in [7, 11) is 1.55. The minimum Gasteiger partial charge on any atom is -0.497 e. The first kappa shape index (κ1) is 30.4. The van der Waals surface area contributed by atoms with Crippen LogP contribution in [0.25, 0.3) is 10.2 Å². The Labute approximate surface area is 240 Å². The van der Waals surface area contributed by atoms with Crippen LogP contribution in [0.1, 0.15) is 27.9 Å². The Balaban J connectivity index is 0.00000420. The molecule has 1 amide bonds. The highest BCUT2D eigenvalue weighted by Crippen LogP contribution is 2.33. The Kier molecular flexibility index (Phi) is 9.95. The van der Waals surface area contributed by atoms with Gasteiger partial charge < -0.3 is 9.64 Å². The second kappa shape index (κ2) is 12.8. The lowest BCUT2D eigenvalue weighted by molar-refractivity contribution is 0.0987. The molecule has 11 heteroatoms. The van der Waals surface area contributed by atoms with E-state index in [1.807, 2.05) is 27.1 Å². The lowest BCUT2D eigenvalue weighted by atomic mass is 10.1. The number of rotatable bonds is 10. The molecule has 39 heavy (non-hydrogen) atoms. The summed E-state index contributed by atoms with van der Waals surface area (Å²) in [5.74, 6) is 0.235. The number of para-hydroxylation sites is 1. The number of thiazole rings is 1. The number of benzene rings is 3. The van der Waals surface area contributed by atoms with Gasteiger partial charge >= 0.3 is 0 Å². The number of sulfonamides is 1. The zero-order chi connectivity index (χ0) is 27.4. The van der Waals surface area contributed by atoms with Gasteiger partial charge in [-0.1, -0.05) is 23.5 Å².